The predicted molar refractivity (Wildman–Crippen MR) is 83.8 cm³/mol. The third-order valence-electron chi connectivity index (χ3n) is 4.33. The SMILES string of the molecule is Cc1cccc(C2CCCN(S(=O)(=O)N3CCOCC3)C2)n1. The second-order valence-electron chi connectivity index (χ2n) is 5.92. The predicted octanol–water partition coefficient (Wildman–Crippen LogP) is 1.15. The first-order valence-electron chi connectivity index (χ1n) is 7.84. The van der Waals surface area contributed by atoms with Gasteiger partial charge in [0, 0.05) is 43.5 Å². The van der Waals surface area contributed by atoms with E-state index < -0.39 is 10.2 Å². The maximum absolute atomic E-state index is 12.8. The van der Waals surface area contributed by atoms with Gasteiger partial charge < -0.3 is 4.74 Å². The molecule has 1 aromatic rings. The van der Waals surface area contributed by atoms with Crippen molar-refractivity contribution in [1.29, 1.82) is 0 Å². The Morgan fingerprint density at radius 1 is 1.18 bits per heavy atom. The molecule has 1 aromatic heterocycles. The molecule has 2 saturated heterocycles. The zero-order chi connectivity index (χ0) is 15.6. The van der Waals surface area contributed by atoms with Crippen LogP contribution >= 0.6 is 0 Å². The highest BCUT2D eigenvalue weighted by molar-refractivity contribution is 7.86. The molecule has 3 heterocycles. The van der Waals surface area contributed by atoms with Crippen LogP contribution in [0.5, 0.6) is 0 Å². The van der Waals surface area contributed by atoms with Crippen LogP contribution < -0.4 is 0 Å². The first-order valence-corrected chi connectivity index (χ1v) is 9.23. The Labute approximate surface area is 132 Å². The van der Waals surface area contributed by atoms with Crippen molar-refractivity contribution in [3.8, 4) is 0 Å². The van der Waals surface area contributed by atoms with Crippen molar-refractivity contribution in [3.05, 3.63) is 29.6 Å². The van der Waals surface area contributed by atoms with Gasteiger partial charge in [-0.3, -0.25) is 4.98 Å². The molecule has 2 aliphatic heterocycles. The van der Waals surface area contributed by atoms with Gasteiger partial charge in [-0.25, -0.2) is 0 Å². The van der Waals surface area contributed by atoms with Crippen molar-refractivity contribution >= 4 is 10.2 Å². The minimum Gasteiger partial charge on any atom is -0.379 e. The number of hydrogen-bond donors (Lipinski definition) is 0. The summed E-state index contributed by atoms with van der Waals surface area (Å²) in [6, 6.07) is 5.96. The van der Waals surface area contributed by atoms with E-state index in [-0.39, 0.29) is 5.92 Å². The minimum atomic E-state index is -3.38. The Morgan fingerprint density at radius 3 is 2.68 bits per heavy atom. The van der Waals surface area contributed by atoms with E-state index in [1.165, 1.54) is 0 Å². The second kappa shape index (κ2) is 6.62. The number of pyridine rings is 1. The van der Waals surface area contributed by atoms with Crippen LogP contribution in [-0.4, -0.2) is 61.4 Å². The van der Waals surface area contributed by atoms with Gasteiger partial charge in [0.2, 0.25) is 0 Å². The Kier molecular flexibility index (Phi) is 4.77. The normalized spacial score (nSPS) is 25.2. The fourth-order valence-electron chi connectivity index (χ4n) is 3.13. The van der Waals surface area contributed by atoms with Gasteiger partial charge in [-0.05, 0) is 31.9 Å². The molecule has 0 bridgehead atoms. The van der Waals surface area contributed by atoms with Crippen molar-refractivity contribution in [1.82, 2.24) is 13.6 Å². The molecular formula is C15H23N3O3S. The molecule has 0 radical (unpaired) electrons. The topological polar surface area (TPSA) is 62.7 Å². The Balaban J connectivity index is 1.75. The van der Waals surface area contributed by atoms with Gasteiger partial charge in [-0.15, -0.1) is 0 Å². The van der Waals surface area contributed by atoms with Crippen LogP contribution in [0.3, 0.4) is 0 Å². The number of piperidine rings is 1. The van der Waals surface area contributed by atoms with Crippen molar-refractivity contribution in [2.75, 3.05) is 39.4 Å². The van der Waals surface area contributed by atoms with Crippen molar-refractivity contribution in [2.24, 2.45) is 0 Å². The molecule has 0 aliphatic carbocycles. The van der Waals surface area contributed by atoms with E-state index in [4.69, 9.17) is 4.74 Å². The molecule has 1 unspecified atom stereocenters. The highest BCUT2D eigenvalue weighted by Gasteiger charge is 2.35. The minimum absolute atomic E-state index is 0.185. The quantitative estimate of drug-likeness (QED) is 0.836. The summed E-state index contributed by atoms with van der Waals surface area (Å²) in [6.45, 7) is 4.96. The molecule has 7 heteroatoms. The van der Waals surface area contributed by atoms with Crippen molar-refractivity contribution < 1.29 is 13.2 Å². The molecular weight excluding hydrogens is 302 g/mol. The zero-order valence-corrected chi connectivity index (χ0v) is 13.8. The van der Waals surface area contributed by atoms with Crippen LogP contribution in [0, 0.1) is 6.92 Å². The van der Waals surface area contributed by atoms with E-state index in [0.29, 0.717) is 39.4 Å². The molecule has 3 rings (SSSR count). The smallest absolute Gasteiger partial charge is 0.282 e. The number of ether oxygens (including phenoxy) is 1. The summed E-state index contributed by atoms with van der Waals surface area (Å²) in [7, 11) is -3.38. The van der Waals surface area contributed by atoms with E-state index in [1.54, 1.807) is 8.61 Å². The van der Waals surface area contributed by atoms with Crippen LogP contribution in [0.2, 0.25) is 0 Å². The van der Waals surface area contributed by atoms with Gasteiger partial charge >= 0.3 is 0 Å². The summed E-state index contributed by atoms with van der Waals surface area (Å²) in [4.78, 5) is 4.57. The van der Waals surface area contributed by atoms with Gasteiger partial charge in [0.05, 0.1) is 13.2 Å². The number of nitrogens with zero attached hydrogens (tertiary/aromatic N) is 3. The second-order valence-corrected chi connectivity index (χ2v) is 7.85. The molecule has 0 amide bonds. The van der Waals surface area contributed by atoms with Gasteiger partial charge in [0.15, 0.2) is 0 Å². The first-order chi connectivity index (χ1) is 10.6. The maximum atomic E-state index is 12.8. The van der Waals surface area contributed by atoms with Gasteiger partial charge in [-0.2, -0.15) is 17.0 Å². The molecule has 0 saturated carbocycles. The molecule has 1 atom stereocenters. The molecule has 122 valence electrons. The summed E-state index contributed by atoms with van der Waals surface area (Å²) in [6.07, 6.45) is 1.87. The first kappa shape index (κ1) is 15.9. The van der Waals surface area contributed by atoms with Crippen LogP contribution in [0.1, 0.15) is 30.1 Å². The number of aryl methyl sites for hydroxylation is 1. The third-order valence-corrected chi connectivity index (χ3v) is 6.34. The van der Waals surface area contributed by atoms with Crippen LogP contribution in [0.25, 0.3) is 0 Å². The molecule has 2 aliphatic rings. The number of morpholine rings is 1. The van der Waals surface area contributed by atoms with E-state index >= 15 is 0 Å². The average Bonchev–Trinajstić information content (AvgIpc) is 2.56. The molecule has 0 aromatic carbocycles. The lowest BCUT2D eigenvalue weighted by Gasteiger charge is -2.36. The van der Waals surface area contributed by atoms with Crippen molar-refractivity contribution in [2.45, 2.75) is 25.7 Å². The van der Waals surface area contributed by atoms with E-state index in [0.717, 1.165) is 24.2 Å². The molecule has 0 spiro atoms. The Hall–Kier alpha value is -1.02. The van der Waals surface area contributed by atoms with Crippen LogP contribution in [0.4, 0.5) is 0 Å². The Bertz CT molecular complexity index is 614. The van der Waals surface area contributed by atoms with Gasteiger partial charge in [0.25, 0.3) is 10.2 Å². The average molecular weight is 325 g/mol. The van der Waals surface area contributed by atoms with Gasteiger partial charge in [0.1, 0.15) is 0 Å². The van der Waals surface area contributed by atoms with E-state index in [2.05, 4.69) is 4.98 Å². The summed E-state index contributed by atoms with van der Waals surface area (Å²) < 4.78 is 33.9. The summed E-state index contributed by atoms with van der Waals surface area (Å²) in [5, 5.41) is 0. The summed E-state index contributed by atoms with van der Waals surface area (Å²) in [5.41, 5.74) is 1.98. The number of hydrogen-bond acceptors (Lipinski definition) is 4. The largest absolute Gasteiger partial charge is 0.379 e. The Morgan fingerprint density at radius 2 is 1.95 bits per heavy atom. The molecule has 2 fully saturated rings. The summed E-state index contributed by atoms with van der Waals surface area (Å²) in [5.74, 6) is 0.185. The third kappa shape index (κ3) is 3.32. The fourth-order valence-corrected chi connectivity index (χ4v) is 4.79. The van der Waals surface area contributed by atoms with Gasteiger partial charge in [-0.1, -0.05) is 6.07 Å². The fraction of sp³-hybridized carbons (Fsp3) is 0.667. The lowest BCUT2D eigenvalue weighted by molar-refractivity contribution is 0.0695. The van der Waals surface area contributed by atoms with Crippen LogP contribution in [0.15, 0.2) is 18.2 Å². The highest BCUT2D eigenvalue weighted by atomic mass is 32.2. The molecule has 22 heavy (non-hydrogen) atoms. The van der Waals surface area contributed by atoms with E-state index in [1.807, 2.05) is 25.1 Å². The summed E-state index contributed by atoms with van der Waals surface area (Å²) >= 11 is 0. The number of aromatic nitrogens is 1. The molecule has 0 N–H and O–H groups in total. The highest BCUT2D eigenvalue weighted by Crippen LogP contribution is 2.28. The standard InChI is InChI=1S/C15H23N3O3S/c1-13-4-2-6-15(16-13)14-5-3-7-18(12-14)22(19,20)17-8-10-21-11-9-17/h2,4,6,14H,3,5,7-12H2,1H3. The number of rotatable bonds is 3. The lowest BCUT2D eigenvalue weighted by Crippen LogP contribution is -2.51. The van der Waals surface area contributed by atoms with Crippen LogP contribution in [-0.2, 0) is 14.9 Å². The molecule has 6 nitrogen and oxygen atoms in total. The maximum Gasteiger partial charge on any atom is 0.282 e. The lowest BCUT2D eigenvalue weighted by atomic mass is 9.95. The monoisotopic (exact) mass is 325 g/mol. The van der Waals surface area contributed by atoms with Crippen molar-refractivity contribution in [3.63, 3.8) is 0 Å². The van der Waals surface area contributed by atoms with E-state index in [9.17, 15) is 8.42 Å². The zero-order valence-electron chi connectivity index (χ0n) is 12.9.